The lowest BCUT2D eigenvalue weighted by Crippen LogP contribution is -2.63. The van der Waals surface area contributed by atoms with Crippen molar-refractivity contribution in [3.05, 3.63) is 30.1 Å². The van der Waals surface area contributed by atoms with Crippen LogP contribution in [0.3, 0.4) is 0 Å². The molecule has 0 bridgehead atoms. The number of carbonyl (C=O) groups excluding carboxylic acids is 1. The number of carbonyl (C=O) groups is 1. The molecule has 0 aromatic carbocycles. The number of methoxy groups -OCH3 is 1. The van der Waals surface area contributed by atoms with Crippen LogP contribution < -0.4 is 5.32 Å². The van der Waals surface area contributed by atoms with E-state index in [1.807, 2.05) is 30.3 Å². The third-order valence-electron chi connectivity index (χ3n) is 4.80. The first-order chi connectivity index (χ1) is 11.2. The highest BCUT2D eigenvalue weighted by Gasteiger charge is 2.54. The molecule has 1 aromatic heterocycles. The second-order valence-electron chi connectivity index (χ2n) is 6.53. The smallest absolute Gasteiger partial charge is 0.234 e. The number of hydrogen-bond acceptors (Lipinski definition) is 5. The summed E-state index contributed by atoms with van der Waals surface area (Å²) in [6.45, 7) is 2.52. The minimum Gasteiger partial charge on any atom is -0.384 e. The Hall–Kier alpha value is -1.50. The van der Waals surface area contributed by atoms with Crippen LogP contribution >= 0.6 is 0 Å². The molecular weight excluding hydrogens is 294 g/mol. The average Bonchev–Trinajstić information content (AvgIpc) is 2.96. The van der Waals surface area contributed by atoms with E-state index in [9.17, 15) is 4.79 Å². The third kappa shape index (κ3) is 3.71. The number of nitrogens with one attached hydrogen (secondary N) is 1. The highest BCUT2D eigenvalue weighted by atomic mass is 16.5. The second-order valence-corrected chi connectivity index (χ2v) is 6.53. The lowest BCUT2D eigenvalue weighted by atomic mass is 9.67. The Morgan fingerprint density at radius 3 is 3.17 bits per heavy atom. The molecule has 1 aliphatic carbocycles. The maximum atomic E-state index is 12.3. The number of likely N-dealkylation sites (N-methyl/N-ethyl adjacent to an activating group) is 1. The Morgan fingerprint density at radius 2 is 2.43 bits per heavy atom. The van der Waals surface area contributed by atoms with E-state index in [-0.39, 0.29) is 24.0 Å². The van der Waals surface area contributed by atoms with Gasteiger partial charge in [-0.25, -0.2) is 0 Å². The molecule has 0 unspecified atom stereocenters. The van der Waals surface area contributed by atoms with Crippen LogP contribution in [0.2, 0.25) is 0 Å². The molecule has 2 aliphatic rings. The molecule has 0 radical (unpaired) electrons. The Balaban J connectivity index is 1.48. The quantitative estimate of drug-likeness (QED) is 0.801. The highest BCUT2D eigenvalue weighted by Crippen LogP contribution is 2.43. The van der Waals surface area contributed by atoms with Crippen LogP contribution in [-0.2, 0) is 20.8 Å². The molecule has 126 valence electrons. The fourth-order valence-electron chi connectivity index (χ4n) is 3.77. The topological polar surface area (TPSA) is 63.7 Å². The molecule has 1 aliphatic heterocycles. The normalized spacial score (nSPS) is 29.2. The fourth-order valence-corrected chi connectivity index (χ4v) is 3.77. The standard InChI is InChI=1S/C17H25N3O3/c1-20(9-12-4-3-6-18-8-12)10-15(21)19-16-13-5-7-23-17(13)14(16)11-22-2/h3-4,6,8,13-14,16-17H,5,7,9-11H2,1-2H3,(H,19,21)/t13-,14+,16+,17-/m0/s1. The van der Waals surface area contributed by atoms with Crippen LogP contribution in [0.4, 0.5) is 0 Å². The first kappa shape index (κ1) is 16.4. The van der Waals surface area contributed by atoms with Gasteiger partial charge < -0.3 is 14.8 Å². The third-order valence-corrected chi connectivity index (χ3v) is 4.80. The van der Waals surface area contributed by atoms with E-state index in [1.165, 1.54) is 0 Å². The molecule has 23 heavy (non-hydrogen) atoms. The molecule has 1 saturated carbocycles. The molecule has 1 saturated heterocycles. The molecule has 1 amide bonds. The van der Waals surface area contributed by atoms with E-state index >= 15 is 0 Å². The van der Waals surface area contributed by atoms with Gasteiger partial charge in [0.05, 0.1) is 19.3 Å². The molecule has 2 fully saturated rings. The summed E-state index contributed by atoms with van der Waals surface area (Å²) in [4.78, 5) is 18.4. The number of aromatic nitrogens is 1. The van der Waals surface area contributed by atoms with Gasteiger partial charge >= 0.3 is 0 Å². The zero-order valence-corrected chi connectivity index (χ0v) is 13.8. The number of fused-ring (bicyclic) bond motifs is 1. The maximum absolute atomic E-state index is 12.3. The number of pyridine rings is 1. The Labute approximate surface area is 137 Å². The van der Waals surface area contributed by atoms with Crippen LogP contribution in [0.15, 0.2) is 24.5 Å². The van der Waals surface area contributed by atoms with Crippen molar-refractivity contribution in [3.63, 3.8) is 0 Å². The van der Waals surface area contributed by atoms with Gasteiger partial charge in [-0.1, -0.05) is 6.07 Å². The van der Waals surface area contributed by atoms with E-state index in [2.05, 4.69) is 10.3 Å². The first-order valence-electron chi connectivity index (χ1n) is 8.16. The van der Waals surface area contributed by atoms with Gasteiger partial charge in [-0.3, -0.25) is 14.7 Å². The van der Waals surface area contributed by atoms with Crippen molar-refractivity contribution >= 4 is 5.91 Å². The van der Waals surface area contributed by atoms with Crippen molar-refractivity contribution in [3.8, 4) is 0 Å². The summed E-state index contributed by atoms with van der Waals surface area (Å²) in [5.41, 5.74) is 1.10. The SMILES string of the molecule is COC[C@@H]1[C@H](NC(=O)CN(C)Cc2cccnc2)[C@@H]2CCO[C@H]12. The summed E-state index contributed by atoms with van der Waals surface area (Å²) in [5.74, 6) is 0.788. The van der Waals surface area contributed by atoms with Crippen LogP contribution in [0.25, 0.3) is 0 Å². The first-order valence-corrected chi connectivity index (χ1v) is 8.16. The predicted octanol–water partition coefficient (Wildman–Crippen LogP) is 0.680. The molecule has 0 spiro atoms. The minimum atomic E-state index is 0.0628. The van der Waals surface area contributed by atoms with Crippen LogP contribution in [-0.4, -0.2) is 61.9 Å². The van der Waals surface area contributed by atoms with Gasteiger partial charge in [0.15, 0.2) is 0 Å². The number of rotatable bonds is 7. The van der Waals surface area contributed by atoms with Gasteiger partial charge in [0.25, 0.3) is 0 Å². The molecule has 1 N–H and O–H groups in total. The van der Waals surface area contributed by atoms with Crippen molar-refractivity contribution in [2.75, 3.05) is 33.9 Å². The van der Waals surface area contributed by atoms with Crippen molar-refractivity contribution in [1.82, 2.24) is 15.2 Å². The molecule has 4 atom stereocenters. The molecular formula is C17H25N3O3. The van der Waals surface area contributed by atoms with Crippen molar-refractivity contribution in [2.45, 2.75) is 25.1 Å². The van der Waals surface area contributed by atoms with E-state index in [0.29, 0.717) is 25.6 Å². The predicted molar refractivity (Wildman–Crippen MR) is 85.7 cm³/mol. The summed E-state index contributed by atoms with van der Waals surface area (Å²) < 4.78 is 11.0. The number of nitrogens with zero attached hydrogens (tertiary/aromatic N) is 2. The summed E-state index contributed by atoms with van der Waals surface area (Å²) in [6.07, 6.45) is 4.87. The summed E-state index contributed by atoms with van der Waals surface area (Å²) >= 11 is 0. The van der Waals surface area contributed by atoms with Crippen molar-refractivity contribution < 1.29 is 14.3 Å². The van der Waals surface area contributed by atoms with Gasteiger partial charge in [0.1, 0.15) is 0 Å². The molecule has 3 rings (SSSR count). The molecule has 6 nitrogen and oxygen atoms in total. The summed E-state index contributed by atoms with van der Waals surface area (Å²) in [6, 6.07) is 4.11. The number of amides is 1. The van der Waals surface area contributed by atoms with E-state index in [4.69, 9.17) is 9.47 Å². The Morgan fingerprint density at radius 1 is 1.57 bits per heavy atom. The number of ether oxygens (including phenoxy) is 2. The summed E-state index contributed by atoms with van der Waals surface area (Å²) in [7, 11) is 3.64. The number of hydrogen-bond donors (Lipinski definition) is 1. The van der Waals surface area contributed by atoms with Gasteiger partial charge in [-0.2, -0.15) is 0 Å². The Kier molecular flexibility index (Phi) is 5.25. The van der Waals surface area contributed by atoms with Gasteiger partial charge in [0.2, 0.25) is 5.91 Å². The van der Waals surface area contributed by atoms with E-state index < -0.39 is 0 Å². The lowest BCUT2D eigenvalue weighted by molar-refractivity contribution is -0.130. The molecule has 1 aromatic rings. The van der Waals surface area contributed by atoms with E-state index in [1.54, 1.807) is 13.3 Å². The van der Waals surface area contributed by atoms with Gasteiger partial charge in [0, 0.05) is 50.5 Å². The highest BCUT2D eigenvalue weighted by molar-refractivity contribution is 5.78. The second kappa shape index (κ2) is 7.38. The zero-order valence-electron chi connectivity index (χ0n) is 13.8. The van der Waals surface area contributed by atoms with Crippen LogP contribution in [0.1, 0.15) is 12.0 Å². The summed E-state index contributed by atoms with van der Waals surface area (Å²) in [5, 5.41) is 3.18. The van der Waals surface area contributed by atoms with Crippen LogP contribution in [0, 0.1) is 11.8 Å². The lowest BCUT2D eigenvalue weighted by Gasteiger charge is -2.47. The van der Waals surface area contributed by atoms with E-state index in [0.717, 1.165) is 18.6 Å². The monoisotopic (exact) mass is 319 g/mol. The molecule has 6 heteroatoms. The maximum Gasteiger partial charge on any atom is 0.234 e. The van der Waals surface area contributed by atoms with Gasteiger partial charge in [-0.15, -0.1) is 0 Å². The zero-order chi connectivity index (χ0) is 16.2. The van der Waals surface area contributed by atoms with Crippen LogP contribution in [0.5, 0.6) is 0 Å². The minimum absolute atomic E-state index is 0.0628. The molecule has 2 heterocycles. The van der Waals surface area contributed by atoms with Gasteiger partial charge in [-0.05, 0) is 25.1 Å². The largest absolute Gasteiger partial charge is 0.384 e. The Bertz CT molecular complexity index is 525. The fraction of sp³-hybridized carbons (Fsp3) is 0.647. The van der Waals surface area contributed by atoms with Crippen molar-refractivity contribution in [2.24, 2.45) is 11.8 Å². The average molecular weight is 319 g/mol. The van der Waals surface area contributed by atoms with Crippen molar-refractivity contribution in [1.29, 1.82) is 0 Å².